The average molecular weight is 414 g/mol. The largest absolute Gasteiger partial charge is 0.493 e. The van der Waals surface area contributed by atoms with Crippen molar-refractivity contribution in [1.29, 1.82) is 0 Å². The lowest BCUT2D eigenvalue weighted by atomic mass is 9.76. The molecule has 6 heteroatoms. The lowest BCUT2D eigenvalue weighted by Gasteiger charge is -2.41. The van der Waals surface area contributed by atoms with Gasteiger partial charge in [0.25, 0.3) is 0 Å². The summed E-state index contributed by atoms with van der Waals surface area (Å²) in [4.78, 5) is 0. The van der Waals surface area contributed by atoms with Crippen LogP contribution in [0.4, 0.5) is 0 Å². The predicted molar refractivity (Wildman–Crippen MR) is 114 cm³/mol. The Morgan fingerprint density at radius 1 is 0.667 bits per heavy atom. The fourth-order valence-corrected chi connectivity index (χ4v) is 4.83. The van der Waals surface area contributed by atoms with E-state index in [1.165, 1.54) is 18.4 Å². The Kier molecular flexibility index (Phi) is 5.95. The van der Waals surface area contributed by atoms with E-state index in [0.717, 1.165) is 29.7 Å². The van der Waals surface area contributed by atoms with E-state index in [1.807, 2.05) is 18.2 Å². The first-order valence-corrected chi connectivity index (χ1v) is 10.4. The number of benzene rings is 2. The Labute approximate surface area is 178 Å². The van der Waals surface area contributed by atoms with Crippen molar-refractivity contribution >= 4 is 0 Å². The van der Waals surface area contributed by atoms with Crippen molar-refractivity contribution in [3.8, 4) is 28.7 Å². The van der Waals surface area contributed by atoms with Gasteiger partial charge in [-0.3, -0.25) is 0 Å². The zero-order valence-corrected chi connectivity index (χ0v) is 18.3. The minimum Gasteiger partial charge on any atom is -0.493 e. The van der Waals surface area contributed by atoms with Crippen molar-refractivity contribution in [1.82, 2.24) is 0 Å². The first-order valence-electron chi connectivity index (χ1n) is 10.4. The molecule has 0 bridgehead atoms. The van der Waals surface area contributed by atoms with Crippen molar-refractivity contribution in [2.75, 3.05) is 35.5 Å². The number of ether oxygens (including phenoxy) is 6. The van der Waals surface area contributed by atoms with Gasteiger partial charge in [0.2, 0.25) is 5.75 Å². The van der Waals surface area contributed by atoms with E-state index in [4.69, 9.17) is 28.4 Å². The molecule has 1 aliphatic heterocycles. The third-order valence-corrected chi connectivity index (χ3v) is 6.27. The maximum absolute atomic E-state index is 6.70. The van der Waals surface area contributed by atoms with Crippen LogP contribution in [0.25, 0.3) is 0 Å². The van der Waals surface area contributed by atoms with Gasteiger partial charge in [0.05, 0.1) is 41.7 Å². The molecule has 0 amide bonds. The van der Waals surface area contributed by atoms with Gasteiger partial charge in [-0.15, -0.1) is 0 Å². The normalized spacial score (nSPS) is 22.5. The molecule has 1 fully saturated rings. The summed E-state index contributed by atoms with van der Waals surface area (Å²) in [5.74, 6) is 3.62. The third kappa shape index (κ3) is 3.43. The topological polar surface area (TPSA) is 55.4 Å². The maximum atomic E-state index is 6.70. The van der Waals surface area contributed by atoms with Gasteiger partial charge >= 0.3 is 0 Å². The summed E-state index contributed by atoms with van der Waals surface area (Å²) in [5, 5.41) is 0. The molecular weight excluding hydrogens is 384 g/mol. The second kappa shape index (κ2) is 8.64. The molecule has 0 unspecified atom stereocenters. The van der Waals surface area contributed by atoms with Gasteiger partial charge in [0.1, 0.15) is 6.10 Å². The van der Waals surface area contributed by atoms with Crippen molar-refractivity contribution in [2.24, 2.45) is 0 Å². The van der Waals surface area contributed by atoms with Crippen LogP contribution in [0.15, 0.2) is 24.3 Å². The SMILES string of the molecule is COc1cc2c(cc1OC)[C@@H]1CCCC[C@H]1O[C@H]2c1cc(OC)c(OC)c(OC)c1. The molecule has 2 aliphatic rings. The molecule has 0 radical (unpaired) electrons. The van der Waals surface area contributed by atoms with Crippen LogP contribution in [0.3, 0.4) is 0 Å². The third-order valence-electron chi connectivity index (χ3n) is 6.27. The van der Waals surface area contributed by atoms with Crippen LogP contribution in [0, 0.1) is 0 Å². The molecule has 162 valence electrons. The van der Waals surface area contributed by atoms with Gasteiger partial charge in [-0.1, -0.05) is 12.8 Å². The number of hydrogen-bond acceptors (Lipinski definition) is 6. The van der Waals surface area contributed by atoms with Gasteiger partial charge in [0, 0.05) is 5.92 Å². The van der Waals surface area contributed by atoms with E-state index in [1.54, 1.807) is 35.5 Å². The summed E-state index contributed by atoms with van der Waals surface area (Å²) in [6, 6.07) is 8.11. The lowest BCUT2D eigenvalue weighted by Crippen LogP contribution is -2.33. The molecule has 0 spiro atoms. The van der Waals surface area contributed by atoms with E-state index in [-0.39, 0.29) is 12.2 Å². The van der Waals surface area contributed by atoms with E-state index < -0.39 is 0 Å². The predicted octanol–water partition coefficient (Wildman–Crippen LogP) is 4.88. The zero-order valence-electron chi connectivity index (χ0n) is 18.3. The molecule has 3 atom stereocenters. The van der Waals surface area contributed by atoms with E-state index in [0.29, 0.717) is 28.9 Å². The summed E-state index contributed by atoms with van der Waals surface area (Å²) in [7, 11) is 8.20. The summed E-state index contributed by atoms with van der Waals surface area (Å²) in [5.41, 5.74) is 3.34. The van der Waals surface area contributed by atoms with E-state index in [9.17, 15) is 0 Å². The Bertz CT molecular complexity index is 884. The van der Waals surface area contributed by atoms with Gasteiger partial charge < -0.3 is 28.4 Å². The highest BCUT2D eigenvalue weighted by atomic mass is 16.5. The van der Waals surface area contributed by atoms with Crippen molar-refractivity contribution < 1.29 is 28.4 Å². The highest BCUT2D eigenvalue weighted by molar-refractivity contribution is 5.58. The average Bonchev–Trinajstić information content (AvgIpc) is 2.81. The molecule has 4 rings (SSSR count). The Morgan fingerprint density at radius 2 is 1.23 bits per heavy atom. The number of hydrogen-bond donors (Lipinski definition) is 0. The lowest BCUT2D eigenvalue weighted by molar-refractivity contribution is -0.0392. The molecule has 0 N–H and O–H groups in total. The quantitative estimate of drug-likeness (QED) is 0.672. The highest BCUT2D eigenvalue weighted by Crippen LogP contribution is 2.51. The summed E-state index contributed by atoms with van der Waals surface area (Å²) >= 11 is 0. The van der Waals surface area contributed by atoms with Gasteiger partial charge in [0.15, 0.2) is 23.0 Å². The molecule has 2 aromatic rings. The Balaban J connectivity index is 1.89. The number of rotatable bonds is 6. The van der Waals surface area contributed by atoms with Crippen LogP contribution >= 0.6 is 0 Å². The molecule has 1 heterocycles. The smallest absolute Gasteiger partial charge is 0.203 e. The maximum Gasteiger partial charge on any atom is 0.203 e. The Morgan fingerprint density at radius 3 is 1.80 bits per heavy atom. The van der Waals surface area contributed by atoms with Crippen LogP contribution < -0.4 is 23.7 Å². The molecule has 30 heavy (non-hydrogen) atoms. The molecule has 2 aromatic carbocycles. The zero-order chi connectivity index (χ0) is 21.3. The standard InChI is InChI=1S/C24H30O6/c1-25-19-12-16-15-8-6-7-9-18(15)30-23(17(16)13-20(19)26-2)14-10-21(27-3)24(29-5)22(11-14)28-4/h10-13,15,18,23H,6-9H2,1-5H3/t15-,18+,23-/m0/s1. The molecule has 0 saturated heterocycles. The molecular formula is C24H30O6. The van der Waals surface area contributed by atoms with Crippen LogP contribution in [0.5, 0.6) is 28.7 Å². The molecule has 1 saturated carbocycles. The first kappa shape index (κ1) is 20.7. The number of fused-ring (bicyclic) bond motifs is 3. The fraction of sp³-hybridized carbons (Fsp3) is 0.500. The number of methoxy groups -OCH3 is 5. The van der Waals surface area contributed by atoms with Crippen LogP contribution in [-0.4, -0.2) is 41.7 Å². The van der Waals surface area contributed by atoms with Crippen molar-refractivity contribution in [3.05, 3.63) is 41.0 Å². The van der Waals surface area contributed by atoms with Crippen LogP contribution in [0.1, 0.15) is 54.4 Å². The van der Waals surface area contributed by atoms with Crippen LogP contribution in [0.2, 0.25) is 0 Å². The van der Waals surface area contributed by atoms with Gasteiger partial charge in [-0.25, -0.2) is 0 Å². The second-order valence-corrected chi connectivity index (χ2v) is 7.74. The van der Waals surface area contributed by atoms with Gasteiger partial charge in [-0.2, -0.15) is 0 Å². The van der Waals surface area contributed by atoms with Gasteiger partial charge in [-0.05, 0) is 53.8 Å². The summed E-state index contributed by atoms with van der Waals surface area (Å²) < 4.78 is 34.6. The van der Waals surface area contributed by atoms with Crippen LogP contribution in [-0.2, 0) is 4.74 Å². The fourth-order valence-electron chi connectivity index (χ4n) is 4.83. The Hall–Kier alpha value is -2.60. The monoisotopic (exact) mass is 414 g/mol. The van der Waals surface area contributed by atoms with Crippen molar-refractivity contribution in [2.45, 2.75) is 43.8 Å². The summed E-state index contributed by atoms with van der Waals surface area (Å²) in [6.07, 6.45) is 4.49. The van der Waals surface area contributed by atoms with Crippen molar-refractivity contribution in [3.63, 3.8) is 0 Å². The highest BCUT2D eigenvalue weighted by Gasteiger charge is 2.39. The minimum atomic E-state index is -0.257. The molecule has 0 aromatic heterocycles. The van der Waals surface area contributed by atoms with E-state index in [2.05, 4.69) is 6.07 Å². The first-order chi connectivity index (χ1) is 14.6. The summed E-state index contributed by atoms with van der Waals surface area (Å²) in [6.45, 7) is 0. The molecule has 1 aliphatic carbocycles. The second-order valence-electron chi connectivity index (χ2n) is 7.74. The van der Waals surface area contributed by atoms with E-state index >= 15 is 0 Å². The molecule has 6 nitrogen and oxygen atoms in total. The minimum absolute atomic E-state index is 0.174.